The fourth-order valence-electron chi connectivity index (χ4n) is 4.40. The number of fused-ring (bicyclic) bond motifs is 2. The largest absolute Gasteiger partial charge is 0.361 e. The van der Waals surface area contributed by atoms with E-state index in [4.69, 9.17) is 0 Å². The summed E-state index contributed by atoms with van der Waals surface area (Å²) in [6.45, 7) is 0.620. The molecular weight excluding hydrogens is 382 g/mol. The molecule has 0 saturated carbocycles. The first-order valence-corrected chi connectivity index (χ1v) is 10.7. The molecule has 31 heavy (non-hydrogen) atoms. The summed E-state index contributed by atoms with van der Waals surface area (Å²) in [5.74, 6) is 0.0616. The molecule has 0 bridgehead atoms. The van der Waals surface area contributed by atoms with Crippen LogP contribution < -0.4 is 5.32 Å². The Labute approximate surface area is 181 Å². The van der Waals surface area contributed by atoms with Gasteiger partial charge in [-0.3, -0.25) is 4.79 Å². The molecule has 4 heteroatoms. The van der Waals surface area contributed by atoms with Crippen LogP contribution in [-0.2, 0) is 11.2 Å². The highest BCUT2D eigenvalue weighted by Gasteiger charge is 2.19. The molecule has 2 heterocycles. The summed E-state index contributed by atoms with van der Waals surface area (Å²) in [6.07, 6.45) is 7.31. The van der Waals surface area contributed by atoms with Crippen LogP contribution in [0.25, 0.3) is 21.7 Å². The number of carbonyl (C=O) groups is 1. The second-order valence-electron chi connectivity index (χ2n) is 7.88. The van der Waals surface area contributed by atoms with E-state index in [0.29, 0.717) is 13.0 Å². The Morgan fingerprint density at radius 2 is 1.61 bits per heavy atom. The zero-order valence-corrected chi connectivity index (χ0v) is 17.3. The first kappa shape index (κ1) is 19.2. The minimum absolute atomic E-state index is 0.0470. The number of para-hydroxylation sites is 1. The Hall–Kier alpha value is -3.79. The number of hydrogen-bond donors (Lipinski definition) is 2. The lowest BCUT2D eigenvalue weighted by Gasteiger charge is -2.21. The molecule has 2 aromatic heterocycles. The maximum atomic E-state index is 12.9. The Morgan fingerprint density at radius 3 is 2.48 bits per heavy atom. The van der Waals surface area contributed by atoms with Crippen LogP contribution in [0.2, 0.25) is 0 Å². The number of H-pyrrole nitrogens is 1. The molecule has 3 aromatic carbocycles. The zero-order chi connectivity index (χ0) is 21.0. The number of rotatable bonds is 7. The molecule has 2 N–H and O–H groups in total. The zero-order valence-electron chi connectivity index (χ0n) is 17.3. The van der Waals surface area contributed by atoms with Crippen LogP contribution in [0.5, 0.6) is 0 Å². The summed E-state index contributed by atoms with van der Waals surface area (Å²) in [5.41, 5.74) is 3.53. The predicted octanol–water partition coefficient (Wildman–Crippen LogP) is 5.46. The average molecular weight is 408 g/mol. The van der Waals surface area contributed by atoms with Crippen LogP contribution >= 0.6 is 0 Å². The van der Waals surface area contributed by atoms with Gasteiger partial charge in [0.15, 0.2) is 0 Å². The van der Waals surface area contributed by atoms with Crippen LogP contribution in [0.15, 0.2) is 97.5 Å². The van der Waals surface area contributed by atoms with Crippen molar-refractivity contribution < 1.29 is 4.79 Å². The van der Waals surface area contributed by atoms with Gasteiger partial charge in [-0.05, 0) is 46.5 Å². The number of hydrogen-bond acceptors (Lipinski definition) is 1. The highest BCUT2D eigenvalue weighted by molar-refractivity contribution is 5.87. The van der Waals surface area contributed by atoms with Crippen molar-refractivity contribution in [2.45, 2.75) is 18.9 Å². The molecule has 0 spiro atoms. The molecule has 1 amide bonds. The third kappa shape index (κ3) is 3.97. The van der Waals surface area contributed by atoms with E-state index in [0.717, 1.165) is 11.9 Å². The van der Waals surface area contributed by atoms with Gasteiger partial charge in [0.05, 0.1) is 12.5 Å². The van der Waals surface area contributed by atoms with Gasteiger partial charge in [-0.15, -0.1) is 0 Å². The number of amides is 1. The fourth-order valence-corrected chi connectivity index (χ4v) is 4.40. The molecule has 5 rings (SSSR count). The van der Waals surface area contributed by atoms with Crippen molar-refractivity contribution in [2.75, 3.05) is 6.54 Å². The van der Waals surface area contributed by atoms with Crippen molar-refractivity contribution in [1.82, 2.24) is 14.9 Å². The van der Waals surface area contributed by atoms with E-state index in [1.165, 1.54) is 27.3 Å². The Bertz CT molecular complexity index is 1310. The summed E-state index contributed by atoms with van der Waals surface area (Å²) in [6, 6.07) is 26.9. The van der Waals surface area contributed by atoms with Gasteiger partial charge in [0.2, 0.25) is 5.91 Å². The molecule has 0 aliphatic rings. The topological polar surface area (TPSA) is 49.8 Å². The maximum Gasteiger partial charge on any atom is 0.222 e. The number of benzene rings is 3. The van der Waals surface area contributed by atoms with Crippen molar-refractivity contribution in [2.24, 2.45) is 0 Å². The monoisotopic (exact) mass is 407 g/mol. The summed E-state index contributed by atoms with van der Waals surface area (Å²) >= 11 is 0. The standard InChI is InChI=1S/C27H25N3O/c31-27(28-15-14-21-19-29-25-13-4-3-11-23(21)25)18-26(30-16-5-6-17-30)24-12-7-9-20-8-1-2-10-22(20)24/h1-13,16-17,19,26,29H,14-15,18H2,(H,28,31)/t26-/m0/s1. The fraction of sp³-hybridized carbons (Fsp3) is 0.148. The van der Waals surface area contributed by atoms with E-state index < -0.39 is 0 Å². The van der Waals surface area contributed by atoms with E-state index in [1.807, 2.05) is 48.9 Å². The van der Waals surface area contributed by atoms with E-state index in [1.54, 1.807) is 0 Å². The van der Waals surface area contributed by atoms with Crippen molar-refractivity contribution >= 4 is 27.6 Å². The van der Waals surface area contributed by atoms with Crippen LogP contribution in [0.1, 0.15) is 23.6 Å². The molecule has 154 valence electrons. The van der Waals surface area contributed by atoms with Gasteiger partial charge in [-0.1, -0.05) is 60.7 Å². The van der Waals surface area contributed by atoms with Gasteiger partial charge in [-0.25, -0.2) is 0 Å². The van der Waals surface area contributed by atoms with E-state index in [-0.39, 0.29) is 11.9 Å². The highest BCUT2D eigenvalue weighted by Crippen LogP contribution is 2.29. The van der Waals surface area contributed by atoms with Crippen molar-refractivity contribution in [3.63, 3.8) is 0 Å². The number of nitrogens with one attached hydrogen (secondary N) is 2. The summed E-state index contributed by atoms with van der Waals surface area (Å²) in [7, 11) is 0. The SMILES string of the molecule is O=C(C[C@@H](c1cccc2ccccc12)n1cccc1)NCCc1c[nH]c2ccccc12. The molecule has 5 aromatic rings. The molecular formula is C27H25N3O. The third-order valence-electron chi connectivity index (χ3n) is 5.94. The van der Waals surface area contributed by atoms with Crippen molar-refractivity contribution in [3.05, 3.63) is 109 Å². The third-order valence-corrected chi connectivity index (χ3v) is 5.94. The van der Waals surface area contributed by atoms with Gasteiger partial charge in [0.25, 0.3) is 0 Å². The number of aromatic amines is 1. The van der Waals surface area contributed by atoms with Crippen molar-refractivity contribution in [3.8, 4) is 0 Å². The van der Waals surface area contributed by atoms with Crippen LogP contribution in [0, 0.1) is 0 Å². The minimum Gasteiger partial charge on any atom is -0.361 e. The van der Waals surface area contributed by atoms with Gasteiger partial charge < -0.3 is 14.9 Å². The molecule has 4 nitrogen and oxygen atoms in total. The predicted molar refractivity (Wildman–Crippen MR) is 126 cm³/mol. The van der Waals surface area contributed by atoms with E-state index >= 15 is 0 Å². The molecule has 0 fully saturated rings. The molecule has 0 aliphatic carbocycles. The quantitative estimate of drug-likeness (QED) is 0.370. The first-order chi connectivity index (χ1) is 15.3. The Balaban J connectivity index is 1.32. The second kappa shape index (κ2) is 8.52. The minimum atomic E-state index is -0.0470. The summed E-state index contributed by atoms with van der Waals surface area (Å²) < 4.78 is 2.13. The summed E-state index contributed by atoms with van der Waals surface area (Å²) in [4.78, 5) is 16.2. The average Bonchev–Trinajstić information content (AvgIpc) is 3.48. The van der Waals surface area contributed by atoms with E-state index in [9.17, 15) is 4.79 Å². The van der Waals surface area contributed by atoms with Gasteiger partial charge in [0.1, 0.15) is 0 Å². The maximum absolute atomic E-state index is 12.9. The second-order valence-corrected chi connectivity index (χ2v) is 7.88. The molecule has 0 unspecified atom stereocenters. The lowest BCUT2D eigenvalue weighted by Crippen LogP contribution is -2.28. The first-order valence-electron chi connectivity index (χ1n) is 10.7. The number of nitrogens with zero attached hydrogens (tertiary/aromatic N) is 1. The van der Waals surface area contributed by atoms with Crippen LogP contribution in [-0.4, -0.2) is 22.0 Å². The van der Waals surface area contributed by atoms with E-state index in [2.05, 4.69) is 63.4 Å². The molecule has 0 aliphatic heterocycles. The van der Waals surface area contributed by atoms with Crippen molar-refractivity contribution in [1.29, 1.82) is 0 Å². The smallest absolute Gasteiger partial charge is 0.222 e. The van der Waals surface area contributed by atoms with Gasteiger partial charge in [0, 0.05) is 36.0 Å². The molecule has 0 saturated heterocycles. The normalized spacial score (nSPS) is 12.3. The molecule has 0 radical (unpaired) electrons. The number of aromatic nitrogens is 2. The summed E-state index contributed by atoms with van der Waals surface area (Å²) in [5, 5.41) is 6.73. The van der Waals surface area contributed by atoms with Crippen LogP contribution in [0.4, 0.5) is 0 Å². The lowest BCUT2D eigenvalue weighted by atomic mass is 9.96. The van der Waals surface area contributed by atoms with Gasteiger partial charge >= 0.3 is 0 Å². The Kier molecular flexibility index (Phi) is 5.28. The highest BCUT2D eigenvalue weighted by atomic mass is 16.1. The molecule has 1 atom stereocenters. The lowest BCUT2D eigenvalue weighted by molar-refractivity contribution is -0.121. The number of carbonyl (C=O) groups excluding carboxylic acids is 1. The van der Waals surface area contributed by atoms with Crippen LogP contribution in [0.3, 0.4) is 0 Å². The Morgan fingerprint density at radius 1 is 0.871 bits per heavy atom. The van der Waals surface area contributed by atoms with Gasteiger partial charge in [-0.2, -0.15) is 0 Å².